The summed E-state index contributed by atoms with van der Waals surface area (Å²) < 4.78 is 40.3. The number of hydrogen-bond acceptors (Lipinski definition) is 3. The van der Waals surface area contributed by atoms with Gasteiger partial charge in [-0.2, -0.15) is 13.2 Å². The number of halogens is 3. The lowest BCUT2D eigenvalue weighted by Gasteiger charge is -2.08. The zero-order valence-electron chi connectivity index (χ0n) is 11.0. The molecule has 0 atom stereocenters. The van der Waals surface area contributed by atoms with Crippen LogP contribution in [0.25, 0.3) is 28.2 Å². The first-order valence-corrected chi connectivity index (χ1v) is 6.39. The topological polar surface area (TPSA) is 58.9 Å². The number of rotatable bonds is 1. The van der Waals surface area contributed by atoms with Crippen LogP contribution >= 0.6 is 0 Å². The predicted octanol–water partition coefficient (Wildman–Crippen LogP) is 3.29. The van der Waals surface area contributed by atoms with Crippen LogP contribution in [-0.2, 0) is 6.18 Å². The summed E-state index contributed by atoms with van der Waals surface area (Å²) in [6.45, 7) is 0. The van der Waals surface area contributed by atoms with Crippen molar-refractivity contribution in [2.45, 2.75) is 6.18 Å². The van der Waals surface area contributed by atoms with Crippen LogP contribution in [0.3, 0.4) is 0 Å². The first-order chi connectivity index (χ1) is 10.5. The molecule has 0 fully saturated rings. The Morgan fingerprint density at radius 3 is 2.77 bits per heavy atom. The molecule has 110 valence electrons. The molecular weight excluding hydrogens is 295 g/mol. The zero-order chi connectivity index (χ0) is 15.3. The smallest absolute Gasteiger partial charge is 0.345 e. The van der Waals surface area contributed by atoms with E-state index in [-0.39, 0.29) is 0 Å². The van der Waals surface area contributed by atoms with Crippen LogP contribution in [0.1, 0.15) is 5.56 Å². The number of alkyl halides is 3. The van der Waals surface area contributed by atoms with E-state index in [1.807, 2.05) is 0 Å². The maximum absolute atomic E-state index is 12.9. The van der Waals surface area contributed by atoms with E-state index in [9.17, 15) is 13.2 Å². The van der Waals surface area contributed by atoms with Crippen molar-refractivity contribution in [2.24, 2.45) is 0 Å². The number of fused-ring (bicyclic) bond motifs is 3. The number of aromatic amines is 1. The van der Waals surface area contributed by atoms with Gasteiger partial charge >= 0.3 is 6.18 Å². The Labute approximate surface area is 121 Å². The van der Waals surface area contributed by atoms with Crippen molar-refractivity contribution in [2.75, 3.05) is 0 Å². The zero-order valence-corrected chi connectivity index (χ0v) is 11.0. The minimum atomic E-state index is -4.40. The summed E-state index contributed by atoms with van der Waals surface area (Å²) in [6.07, 6.45) is -1.18. The number of aromatic nitrogens is 5. The van der Waals surface area contributed by atoms with Gasteiger partial charge in [-0.25, -0.2) is 4.98 Å². The largest absolute Gasteiger partial charge is 0.416 e. The molecule has 0 radical (unpaired) electrons. The standard InChI is InChI=1S/C14H8F3N5/c15-14(16,17)9-3-1-2-8(6-9)13-21-20-11-7-19-12-10(22(11)13)4-5-18-12/h1-7,18H. The second-order valence-electron chi connectivity index (χ2n) is 4.77. The Bertz CT molecular complexity index is 983. The maximum Gasteiger partial charge on any atom is 0.416 e. The van der Waals surface area contributed by atoms with E-state index in [1.54, 1.807) is 22.7 Å². The molecule has 4 aromatic rings. The van der Waals surface area contributed by atoms with Crippen LogP contribution in [0.15, 0.2) is 42.7 Å². The van der Waals surface area contributed by atoms with E-state index in [1.165, 1.54) is 12.3 Å². The van der Waals surface area contributed by atoms with E-state index in [4.69, 9.17) is 0 Å². The van der Waals surface area contributed by atoms with Gasteiger partial charge in [-0.1, -0.05) is 12.1 Å². The van der Waals surface area contributed by atoms with Gasteiger partial charge in [-0.3, -0.25) is 4.40 Å². The second-order valence-corrected chi connectivity index (χ2v) is 4.77. The molecule has 3 aromatic heterocycles. The molecule has 0 saturated heterocycles. The first-order valence-electron chi connectivity index (χ1n) is 6.39. The summed E-state index contributed by atoms with van der Waals surface area (Å²) in [5.41, 5.74) is 1.41. The highest BCUT2D eigenvalue weighted by Gasteiger charge is 2.30. The molecule has 1 aromatic carbocycles. The molecule has 0 unspecified atom stereocenters. The number of nitrogens with one attached hydrogen (secondary N) is 1. The average Bonchev–Trinajstić information content (AvgIpc) is 3.12. The molecule has 1 N–H and O–H groups in total. The van der Waals surface area contributed by atoms with Crippen LogP contribution in [-0.4, -0.2) is 24.6 Å². The minimum absolute atomic E-state index is 0.341. The predicted molar refractivity (Wildman–Crippen MR) is 73.1 cm³/mol. The normalized spacial score (nSPS) is 12.3. The fourth-order valence-corrected chi connectivity index (χ4v) is 2.40. The molecule has 0 bridgehead atoms. The van der Waals surface area contributed by atoms with Gasteiger partial charge in [0.2, 0.25) is 0 Å². The number of benzene rings is 1. The van der Waals surface area contributed by atoms with E-state index in [0.29, 0.717) is 28.2 Å². The van der Waals surface area contributed by atoms with Gasteiger partial charge in [-0.05, 0) is 18.2 Å². The first kappa shape index (κ1) is 12.8. The summed E-state index contributed by atoms with van der Waals surface area (Å²) in [6, 6.07) is 6.80. The van der Waals surface area contributed by atoms with Gasteiger partial charge in [-0.15, -0.1) is 10.2 Å². The Balaban J connectivity index is 2.00. The van der Waals surface area contributed by atoms with Gasteiger partial charge in [0.1, 0.15) is 0 Å². The molecule has 0 amide bonds. The van der Waals surface area contributed by atoms with Crippen LogP contribution in [0, 0.1) is 0 Å². The summed E-state index contributed by atoms with van der Waals surface area (Å²) in [5, 5.41) is 7.98. The molecular formula is C14H8F3N5. The Kier molecular flexibility index (Phi) is 2.50. The molecule has 8 heteroatoms. The van der Waals surface area contributed by atoms with Crippen LogP contribution < -0.4 is 0 Å². The lowest BCUT2D eigenvalue weighted by Crippen LogP contribution is -2.05. The van der Waals surface area contributed by atoms with E-state index >= 15 is 0 Å². The van der Waals surface area contributed by atoms with Crippen molar-refractivity contribution in [3.63, 3.8) is 0 Å². The third kappa shape index (κ3) is 1.84. The molecule has 0 saturated carbocycles. The third-order valence-electron chi connectivity index (χ3n) is 3.39. The van der Waals surface area contributed by atoms with Crippen molar-refractivity contribution >= 4 is 16.8 Å². The van der Waals surface area contributed by atoms with Crippen LogP contribution in [0.4, 0.5) is 13.2 Å². The van der Waals surface area contributed by atoms with Gasteiger partial charge < -0.3 is 4.98 Å². The summed E-state index contributed by atoms with van der Waals surface area (Å²) in [4.78, 5) is 7.12. The fraction of sp³-hybridized carbons (Fsp3) is 0.0714. The quantitative estimate of drug-likeness (QED) is 0.587. The van der Waals surface area contributed by atoms with Crippen molar-refractivity contribution in [1.82, 2.24) is 24.6 Å². The minimum Gasteiger partial charge on any atom is -0.345 e. The monoisotopic (exact) mass is 303 g/mol. The highest BCUT2D eigenvalue weighted by molar-refractivity contribution is 5.77. The summed E-state index contributed by atoms with van der Waals surface area (Å²) >= 11 is 0. The molecule has 4 rings (SSSR count). The summed E-state index contributed by atoms with van der Waals surface area (Å²) in [7, 11) is 0. The van der Waals surface area contributed by atoms with Gasteiger partial charge in [0.05, 0.1) is 17.3 Å². The Morgan fingerprint density at radius 2 is 1.95 bits per heavy atom. The van der Waals surface area contributed by atoms with Gasteiger partial charge in [0, 0.05) is 11.8 Å². The van der Waals surface area contributed by atoms with Crippen LogP contribution in [0.5, 0.6) is 0 Å². The lowest BCUT2D eigenvalue weighted by atomic mass is 10.1. The fourth-order valence-electron chi connectivity index (χ4n) is 2.40. The van der Waals surface area contributed by atoms with Crippen molar-refractivity contribution in [3.05, 3.63) is 48.3 Å². The molecule has 0 aliphatic rings. The van der Waals surface area contributed by atoms with E-state index in [0.717, 1.165) is 12.1 Å². The molecule has 5 nitrogen and oxygen atoms in total. The highest BCUT2D eigenvalue weighted by Crippen LogP contribution is 2.32. The molecule has 22 heavy (non-hydrogen) atoms. The summed E-state index contributed by atoms with van der Waals surface area (Å²) in [5.74, 6) is 0.341. The molecule has 0 spiro atoms. The number of hydrogen-bond donors (Lipinski definition) is 1. The Hall–Kier alpha value is -2.90. The molecule has 0 aliphatic heterocycles. The average molecular weight is 303 g/mol. The highest BCUT2D eigenvalue weighted by atomic mass is 19.4. The van der Waals surface area contributed by atoms with Crippen molar-refractivity contribution in [3.8, 4) is 11.4 Å². The van der Waals surface area contributed by atoms with E-state index < -0.39 is 11.7 Å². The van der Waals surface area contributed by atoms with Gasteiger partial charge in [0.25, 0.3) is 0 Å². The van der Waals surface area contributed by atoms with Crippen molar-refractivity contribution in [1.29, 1.82) is 0 Å². The second kappa shape index (κ2) is 4.30. The van der Waals surface area contributed by atoms with E-state index in [2.05, 4.69) is 20.2 Å². The molecule has 0 aliphatic carbocycles. The van der Waals surface area contributed by atoms with Crippen LogP contribution in [0.2, 0.25) is 0 Å². The Morgan fingerprint density at radius 1 is 1.09 bits per heavy atom. The number of nitrogens with zero attached hydrogens (tertiary/aromatic N) is 4. The van der Waals surface area contributed by atoms with Crippen molar-refractivity contribution < 1.29 is 13.2 Å². The molecule has 3 heterocycles. The lowest BCUT2D eigenvalue weighted by molar-refractivity contribution is -0.137. The third-order valence-corrected chi connectivity index (χ3v) is 3.39. The number of H-pyrrole nitrogens is 1. The van der Waals surface area contributed by atoms with Gasteiger partial charge in [0.15, 0.2) is 17.1 Å². The maximum atomic E-state index is 12.9. The SMILES string of the molecule is FC(F)(F)c1cccc(-c2nnc3cnc4[nH]ccc4n23)c1.